The summed E-state index contributed by atoms with van der Waals surface area (Å²) in [7, 11) is -3.47. The van der Waals surface area contributed by atoms with Crippen LogP contribution in [0.1, 0.15) is 5.69 Å². The Bertz CT molecular complexity index is 418. The molecule has 6 nitrogen and oxygen atoms in total. The molecule has 0 radical (unpaired) electrons. The lowest BCUT2D eigenvalue weighted by Crippen LogP contribution is -2.27. The Hall–Kier alpha value is -0.440. The highest BCUT2D eigenvalue weighted by atomic mass is 79.9. The number of rotatable bonds is 7. The van der Waals surface area contributed by atoms with Crippen molar-refractivity contribution in [3.8, 4) is 0 Å². The number of aromatic amines is 1. The zero-order chi connectivity index (χ0) is 12.0. The Morgan fingerprint density at radius 1 is 1.56 bits per heavy atom. The molecular formula is C8H14BrN3O3S. The van der Waals surface area contributed by atoms with Gasteiger partial charge in [-0.05, 0) is 6.92 Å². The number of aromatic nitrogens is 2. The second-order valence-electron chi connectivity index (χ2n) is 3.06. The van der Waals surface area contributed by atoms with Crippen molar-refractivity contribution in [2.45, 2.75) is 11.8 Å². The van der Waals surface area contributed by atoms with Crippen LogP contribution in [-0.4, -0.2) is 43.7 Å². The third-order valence-corrected chi connectivity index (χ3v) is 3.73. The smallest absolute Gasteiger partial charge is 0.244 e. The molecule has 0 aliphatic rings. The van der Waals surface area contributed by atoms with E-state index < -0.39 is 10.0 Å². The number of aryl methyl sites for hydroxylation is 1. The molecule has 0 aromatic carbocycles. The number of H-pyrrole nitrogens is 1. The second kappa shape index (κ2) is 6.33. The maximum absolute atomic E-state index is 11.7. The Labute approximate surface area is 103 Å². The Balaban J connectivity index is 2.45. The molecule has 1 aromatic rings. The Morgan fingerprint density at radius 3 is 2.88 bits per heavy atom. The SMILES string of the molecule is Cc1[nH]ncc1S(=O)(=O)NCCOCCBr. The Morgan fingerprint density at radius 2 is 2.31 bits per heavy atom. The van der Waals surface area contributed by atoms with Gasteiger partial charge >= 0.3 is 0 Å². The van der Waals surface area contributed by atoms with E-state index in [-0.39, 0.29) is 11.4 Å². The van der Waals surface area contributed by atoms with Crippen LogP contribution < -0.4 is 4.72 Å². The number of alkyl halides is 1. The zero-order valence-electron chi connectivity index (χ0n) is 8.86. The topological polar surface area (TPSA) is 84.1 Å². The lowest BCUT2D eigenvalue weighted by molar-refractivity contribution is 0.156. The van der Waals surface area contributed by atoms with Crippen LogP contribution in [-0.2, 0) is 14.8 Å². The lowest BCUT2D eigenvalue weighted by atomic mass is 10.5. The van der Waals surface area contributed by atoms with Crippen molar-refractivity contribution < 1.29 is 13.2 Å². The molecule has 0 saturated heterocycles. The van der Waals surface area contributed by atoms with Gasteiger partial charge in [-0.15, -0.1) is 0 Å². The number of hydrogen-bond donors (Lipinski definition) is 2. The molecule has 0 aliphatic carbocycles. The average molecular weight is 312 g/mol. The molecule has 0 bridgehead atoms. The van der Waals surface area contributed by atoms with Gasteiger partial charge in [0.05, 0.1) is 25.1 Å². The van der Waals surface area contributed by atoms with E-state index in [9.17, 15) is 8.42 Å². The minimum Gasteiger partial charge on any atom is -0.379 e. The zero-order valence-corrected chi connectivity index (χ0v) is 11.3. The molecule has 1 aromatic heterocycles. The first-order valence-electron chi connectivity index (χ1n) is 4.71. The van der Waals surface area contributed by atoms with E-state index >= 15 is 0 Å². The highest BCUT2D eigenvalue weighted by molar-refractivity contribution is 9.09. The van der Waals surface area contributed by atoms with Crippen molar-refractivity contribution >= 4 is 26.0 Å². The average Bonchev–Trinajstić information content (AvgIpc) is 2.65. The number of sulfonamides is 1. The molecule has 0 fully saturated rings. The first-order valence-corrected chi connectivity index (χ1v) is 7.31. The van der Waals surface area contributed by atoms with E-state index in [1.807, 2.05) is 0 Å². The van der Waals surface area contributed by atoms with Crippen LogP contribution in [0.2, 0.25) is 0 Å². The van der Waals surface area contributed by atoms with Gasteiger partial charge in [0.2, 0.25) is 10.0 Å². The third-order valence-electron chi connectivity index (χ3n) is 1.83. The third kappa shape index (κ3) is 3.85. The van der Waals surface area contributed by atoms with Crippen LogP contribution >= 0.6 is 15.9 Å². The number of hydrogen-bond acceptors (Lipinski definition) is 4. The summed E-state index contributed by atoms with van der Waals surface area (Å²) in [5.41, 5.74) is 0.522. The molecule has 1 rings (SSSR count). The van der Waals surface area contributed by atoms with Crippen molar-refractivity contribution in [3.05, 3.63) is 11.9 Å². The van der Waals surface area contributed by atoms with Crippen LogP contribution in [0.5, 0.6) is 0 Å². The summed E-state index contributed by atoms with van der Waals surface area (Å²) in [6.45, 7) is 2.82. The summed E-state index contributed by atoms with van der Waals surface area (Å²) in [4.78, 5) is 0.174. The predicted octanol–water partition coefficient (Wildman–Crippen LogP) is 0.408. The summed E-state index contributed by atoms with van der Waals surface area (Å²) < 4.78 is 31.0. The normalized spacial score (nSPS) is 11.9. The van der Waals surface area contributed by atoms with Gasteiger partial charge in [0.15, 0.2) is 0 Å². The van der Waals surface area contributed by atoms with Crippen molar-refractivity contribution in [2.75, 3.05) is 25.1 Å². The fourth-order valence-corrected chi connectivity index (χ4v) is 2.47. The molecule has 1 heterocycles. The lowest BCUT2D eigenvalue weighted by Gasteiger charge is -2.05. The number of halogens is 1. The molecule has 8 heteroatoms. The summed E-state index contributed by atoms with van der Waals surface area (Å²) in [6.07, 6.45) is 1.29. The van der Waals surface area contributed by atoms with Gasteiger partial charge in [-0.1, -0.05) is 15.9 Å². The highest BCUT2D eigenvalue weighted by Crippen LogP contribution is 2.09. The van der Waals surface area contributed by atoms with Gasteiger partial charge in [-0.2, -0.15) is 5.10 Å². The standard InChI is InChI=1S/C8H14BrN3O3S/c1-7-8(6-10-12-7)16(13,14)11-3-5-15-4-2-9/h6,11H,2-5H2,1H3,(H,10,12). The first kappa shape index (κ1) is 13.6. The van der Waals surface area contributed by atoms with Crippen LogP contribution in [0, 0.1) is 6.92 Å². The van der Waals surface area contributed by atoms with E-state index in [1.165, 1.54) is 6.20 Å². The van der Waals surface area contributed by atoms with Gasteiger partial charge in [-0.25, -0.2) is 13.1 Å². The van der Waals surface area contributed by atoms with Crippen LogP contribution in [0.15, 0.2) is 11.1 Å². The fraction of sp³-hybridized carbons (Fsp3) is 0.625. The molecular weight excluding hydrogens is 298 g/mol. The molecule has 0 spiro atoms. The molecule has 0 amide bonds. The quantitative estimate of drug-likeness (QED) is 0.564. The number of nitrogens with one attached hydrogen (secondary N) is 2. The van der Waals surface area contributed by atoms with Gasteiger partial charge in [0.25, 0.3) is 0 Å². The number of ether oxygens (including phenoxy) is 1. The maximum atomic E-state index is 11.7. The maximum Gasteiger partial charge on any atom is 0.244 e. The molecule has 0 atom stereocenters. The van der Waals surface area contributed by atoms with E-state index in [0.29, 0.717) is 18.9 Å². The summed E-state index contributed by atoms with van der Waals surface area (Å²) >= 11 is 3.21. The minimum atomic E-state index is -3.47. The van der Waals surface area contributed by atoms with Crippen molar-refractivity contribution in [1.82, 2.24) is 14.9 Å². The van der Waals surface area contributed by atoms with E-state index in [0.717, 1.165) is 5.33 Å². The summed E-state index contributed by atoms with van der Waals surface area (Å²) in [6, 6.07) is 0. The summed E-state index contributed by atoms with van der Waals surface area (Å²) in [5.74, 6) is 0. The molecule has 16 heavy (non-hydrogen) atoms. The monoisotopic (exact) mass is 311 g/mol. The first-order chi connectivity index (χ1) is 7.58. The van der Waals surface area contributed by atoms with Crippen molar-refractivity contribution in [3.63, 3.8) is 0 Å². The molecule has 0 aliphatic heterocycles. The predicted molar refractivity (Wildman–Crippen MR) is 63.1 cm³/mol. The highest BCUT2D eigenvalue weighted by Gasteiger charge is 2.17. The number of nitrogens with zero attached hydrogens (tertiary/aromatic N) is 1. The van der Waals surface area contributed by atoms with Gasteiger partial charge in [-0.3, -0.25) is 5.10 Å². The van der Waals surface area contributed by atoms with Crippen molar-refractivity contribution in [2.24, 2.45) is 0 Å². The van der Waals surface area contributed by atoms with Crippen LogP contribution in [0.4, 0.5) is 0 Å². The second-order valence-corrected chi connectivity index (χ2v) is 5.59. The van der Waals surface area contributed by atoms with E-state index in [1.54, 1.807) is 6.92 Å². The van der Waals surface area contributed by atoms with Gasteiger partial charge < -0.3 is 4.74 Å². The minimum absolute atomic E-state index is 0.174. The van der Waals surface area contributed by atoms with E-state index in [4.69, 9.17) is 4.74 Å². The van der Waals surface area contributed by atoms with Crippen molar-refractivity contribution in [1.29, 1.82) is 0 Å². The largest absolute Gasteiger partial charge is 0.379 e. The van der Waals surface area contributed by atoms with Gasteiger partial charge in [0.1, 0.15) is 4.90 Å². The van der Waals surface area contributed by atoms with Crippen LogP contribution in [0.3, 0.4) is 0 Å². The molecule has 0 unspecified atom stereocenters. The molecule has 92 valence electrons. The van der Waals surface area contributed by atoms with Gasteiger partial charge in [0, 0.05) is 11.9 Å². The molecule has 0 saturated carbocycles. The Kier molecular flexibility index (Phi) is 5.39. The molecule has 2 N–H and O–H groups in total. The summed E-state index contributed by atoms with van der Waals surface area (Å²) in [5, 5.41) is 6.98. The van der Waals surface area contributed by atoms with E-state index in [2.05, 4.69) is 30.8 Å². The van der Waals surface area contributed by atoms with Crippen LogP contribution in [0.25, 0.3) is 0 Å². The fourth-order valence-electron chi connectivity index (χ4n) is 1.09.